The molecule has 0 radical (unpaired) electrons. The Balaban J connectivity index is 1.25. The van der Waals surface area contributed by atoms with Crippen molar-refractivity contribution in [2.75, 3.05) is 31.5 Å². The standard InChI is InChI=1S/C26H32N4O2/c31-14-10-23-20-7-1-2-8-21(20)24-17-30(13-9-22(23)24)25(32)16-18-5-3-6-19(15-18)29-26-27-11-4-12-28-26/h2-3,5-6,8,14-15,22-24H,1,4,7,9-13,16-17H2,(H2,27,28,29)/t22?,23-,24?/m1/s1. The number of rotatable bonds is 5. The topological polar surface area (TPSA) is 73.8 Å². The molecule has 2 heterocycles. The van der Waals surface area contributed by atoms with E-state index in [4.69, 9.17) is 0 Å². The Bertz CT molecular complexity index is 980. The van der Waals surface area contributed by atoms with E-state index in [1.807, 2.05) is 29.2 Å². The zero-order chi connectivity index (χ0) is 21.9. The van der Waals surface area contributed by atoms with Crippen LogP contribution in [-0.2, 0) is 16.0 Å². The highest BCUT2D eigenvalue weighted by Gasteiger charge is 2.44. The van der Waals surface area contributed by atoms with Crippen LogP contribution in [0.3, 0.4) is 0 Å². The van der Waals surface area contributed by atoms with Crippen molar-refractivity contribution in [1.29, 1.82) is 0 Å². The van der Waals surface area contributed by atoms with Gasteiger partial charge in [0.1, 0.15) is 6.29 Å². The second kappa shape index (κ2) is 9.31. The van der Waals surface area contributed by atoms with Crippen molar-refractivity contribution in [3.05, 3.63) is 53.1 Å². The van der Waals surface area contributed by atoms with Crippen LogP contribution >= 0.6 is 0 Å². The molecule has 32 heavy (non-hydrogen) atoms. The van der Waals surface area contributed by atoms with Gasteiger partial charge in [-0.15, -0.1) is 0 Å². The number of allylic oxidation sites excluding steroid dienone is 3. The van der Waals surface area contributed by atoms with Gasteiger partial charge < -0.3 is 20.3 Å². The molecular formula is C26H32N4O2. The van der Waals surface area contributed by atoms with Gasteiger partial charge in [-0.3, -0.25) is 9.79 Å². The summed E-state index contributed by atoms with van der Waals surface area (Å²) in [5, 5.41) is 6.59. The van der Waals surface area contributed by atoms with Crippen LogP contribution in [0.1, 0.15) is 37.7 Å². The second-order valence-electron chi connectivity index (χ2n) is 9.34. The van der Waals surface area contributed by atoms with Crippen LogP contribution in [0.5, 0.6) is 0 Å². The number of hydrogen-bond donors (Lipinski definition) is 2. The van der Waals surface area contributed by atoms with Crippen LogP contribution < -0.4 is 10.6 Å². The highest BCUT2D eigenvalue weighted by molar-refractivity contribution is 5.94. The maximum atomic E-state index is 13.2. The third-order valence-electron chi connectivity index (χ3n) is 7.42. The average Bonchev–Trinajstić information content (AvgIpc) is 3.13. The molecular weight excluding hydrogens is 400 g/mol. The van der Waals surface area contributed by atoms with E-state index in [0.717, 1.165) is 75.4 Å². The molecule has 0 bridgehead atoms. The van der Waals surface area contributed by atoms with Crippen molar-refractivity contribution in [2.24, 2.45) is 22.7 Å². The summed E-state index contributed by atoms with van der Waals surface area (Å²) in [5.74, 6) is 2.27. The average molecular weight is 433 g/mol. The molecule has 1 aromatic rings. The first-order valence-corrected chi connectivity index (χ1v) is 12.0. The number of anilines is 1. The smallest absolute Gasteiger partial charge is 0.227 e. The molecule has 2 N–H and O–H groups in total. The summed E-state index contributed by atoms with van der Waals surface area (Å²) in [6.07, 6.45) is 10.8. The molecule has 2 aliphatic carbocycles. The van der Waals surface area contributed by atoms with E-state index in [1.165, 1.54) is 11.1 Å². The lowest BCUT2D eigenvalue weighted by atomic mass is 9.78. The van der Waals surface area contributed by atoms with E-state index in [1.54, 1.807) is 0 Å². The molecule has 1 aromatic carbocycles. The molecule has 0 aromatic heterocycles. The number of piperidine rings is 1. The number of amides is 1. The number of nitrogens with zero attached hydrogens (tertiary/aromatic N) is 2. The molecule has 6 nitrogen and oxygen atoms in total. The fourth-order valence-corrected chi connectivity index (χ4v) is 5.95. The Kier molecular flexibility index (Phi) is 6.10. The Hall–Kier alpha value is -2.89. The van der Waals surface area contributed by atoms with Gasteiger partial charge in [-0.05, 0) is 60.8 Å². The van der Waals surface area contributed by atoms with Crippen LogP contribution in [0, 0.1) is 17.8 Å². The minimum absolute atomic E-state index is 0.189. The minimum Gasteiger partial charge on any atom is -0.356 e. The van der Waals surface area contributed by atoms with Crippen molar-refractivity contribution < 1.29 is 9.59 Å². The highest BCUT2D eigenvalue weighted by Crippen LogP contribution is 2.50. The van der Waals surface area contributed by atoms with Gasteiger partial charge >= 0.3 is 0 Å². The number of guanidine groups is 1. The number of likely N-dealkylation sites (tertiary alicyclic amines) is 1. The van der Waals surface area contributed by atoms with Gasteiger partial charge in [0.25, 0.3) is 0 Å². The maximum absolute atomic E-state index is 13.2. The number of nitrogens with one attached hydrogen (secondary N) is 2. The van der Waals surface area contributed by atoms with Gasteiger partial charge in [0.15, 0.2) is 5.96 Å². The van der Waals surface area contributed by atoms with Crippen molar-refractivity contribution in [3.8, 4) is 0 Å². The monoisotopic (exact) mass is 432 g/mol. The Morgan fingerprint density at radius 2 is 2.28 bits per heavy atom. The summed E-state index contributed by atoms with van der Waals surface area (Å²) in [6.45, 7) is 3.34. The SMILES string of the molecule is O=CC[C@@H]1C2=C(C=CCC2)C2CN(C(=O)Cc3cccc(NC4=NCCCN4)c3)CCC21. The Labute approximate surface area is 189 Å². The molecule has 6 heteroatoms. The van der Waals surface area contributed by atoms with Crippen LogP contribution in [0.15, 0.2) is 52.6 Å². The summed E-state index contributed by atoms with van der Waals surface area (Å²) < 4.78 is 0. The molecule has 168 valence electrons. The van der Waals surface area contributed by atoms with E-state index < -0.39 is 0 Å². The second-order valence-corrected chi connectivity index (χ2v) is 9.34. The molecule has 3 atom stereocenters. The largest absolute Gasteiger partial charge is 0.356 e. The van der Waals surface area contributed by atoms with Crippen molar-refractivity contribution in [2.45, 2.75) is 38.5 Å². The lowest BCUT2D eigenvalue weighted by molar-refractivity contribution is -0.133. The minimum atomic E-state index is 0.189. The molecule has 2 aliphatic heterocycles. The van der Waals surface area contributed by atoms with Crippen LogP contribution in [0.4, 0.5) is 5.69 Å². The normalized spacial score (nSPS) is 26.7. The quantitative estimate of drug-likeness (QED) is 0.700. The Morgan fingerprint density at radius 3 is 3.12 bits per heavy atom. The third-order valence-corrected chi connectivity index (χ3v) is 7.42. The molecule has 0 spiro atoms. The fraction of sp³-hybridized carbons (Fsp3) is 0.500. The number of aliphatic imine (C=N–C) groups is 1. The molecule has 2 unspecified atom stereocenters. The summed E-state index contributed by atoms with van der Waals surface area (Å²) in [4.78, 5) is 31.0. The first-order chi connectivity index (χ1) is 15.7. The Morgan fingerprint density at radius 1 is 1.34 bits per heavy atom. The first kappa shape index (κ1) is 21.0. The number of hydrogen-bond acceptors (Lipinski definition) is 5. The van der Waals surface area contributed by atoms with Gasteiger partial charge in [-0.2, -0.15) is 0 Å². The molecule has 1 amide bonds. The lowest BCUT2D eigenvalue weighted by Crippen LogP contribution is -2.44. The third kappa shape index (κ3) is 4.23. The summed E-state index contributed by atoms with van der Waals surface area (Å²) in [5.41, 5.74) is 4.87. The summed E-state index contributed by atoms with van der Waals surface area (Å²) in [7, 11) is 0. The molecule has 1 saturated heterocycles. The van der Waals surface area contributed by atoms with Gasteiger partial charge in [-0.1, -0.05) is 29.9 Å². The van der Waals surface area contributed by atoms with E-state index in [2.05, 4.69) is 27.8 Å². The van der Waals surface area contributed by atoms with E-state index in [0.29, 0.717) is 30.6 Å². The summed E-state index contributed by atoms with van der Waals surface area (Å²) in [6, 6.07) is 8.06. The van der Waals surface area contributed by atoms with Crippen molar-refractivity contribution >= 4 is 23.8 Å². The number of carbonyl (C=O) groups excluding carboxylic acids is 2. The lowest BCUT2D eigenvalue weighted by Gasteiger charge is -2.38. The number of aldehydes is 1. The van der Waals surface area contributed by atoms with E-state index >= 15 is 0 Å². The highest BCUT2D eigenvalue weighted by atomic mass is 16.2. The molecule has 5 rings (SSSR count). The fourth-order valence-electron chi connectivity index (χ4n) is 5.95. The maximum Gasteiger partial charge on any atom is 0.227 e. The zero-order valence-electron chi connectivity index (χ0n) is 18.6. The van der Waals surface area contributed by atoms with Gasteiger partial charge in [-0.25, -0.2) is 0 Å². The van der Waals surface area contributed by atoms with E-state index in [-0.39, 0.29) is 5.91 Å². The molecule has 0 saturated carbocycles. The number of fused-ring (bicyclic) bond motifs is 2. The number of benzene rings is 1. The van der Waals surface area contributed by atoms with Crippen LogP contribution in [0.25, 0.3) is 0 Å². The zero-order valence-corrected chi connectivity index (χ0v) is 18.6. The van der Waals surface area contributed by atoms with Crippen LogP contribution in [0.2, 0.25) is 0 Å². The number of carbonyl (C=O) groups is 2. The summed E-state index contributed by atoms with van der Waals surface area (Å²) >= 11 is 0. The first-order valence-electron chi connectivity index (χ1n) is 12.0. The predicted molar refractivity (Wildman–Crippen MR) is 126 cm³/mol. The van der Waals surface area contributed by atoms with Crippen LogP contribution in [-0.4, -0.2) is 49.2 Å². The predicted octanol–water partition coefficient (Wildman–Crippen LogP) is 3.32. The van der Waals surface area contributed by atoms with Crippen molar-refractivity contribution in [1.82, 2.24) is 10.2 Å². The molecule has 1 fully saturated rings. The van der Waals surface area contributed by atoms with Gasteiger partial charge in [0, 0.05) is 44.2 Å². The molecule has 4 aliphatic rings. The van der Waals surface area contributed by atoms with Gasteiger partial charge in [0.05, 0.1) is 6.42 Å². The van der Waals surface area contributed by atoms with Crippen molar-refractivity contribution in [3.63, 3.8) is 0 Å². The van der Waals surface area contributed by atoms with Gasteiger partial charge in [0.2, 0.25) is 5.91 Å². The van der Waals surface area contributed by atoms with E-state index in [9.17, 15) is 9.59 Å².